The molecule has 2 aliphatic heterocycles. The number of para-hydroxylation sites is 1. The number of halogens is 1. The third-order valence-corrected chi connectivity index (χ3v) is 5.37. The van der Waals surface area contributed by atoms with Crippen LogP contribution in [0.25, 0.3) is 10.9 Å². The number of pyridine rings is 1. The maximum Gasteiger partial charge on any atom is 0.410 e. The standard InChI is InChI=1S/C20H21BrN4O5/c21-18-7-15(30-24-18)9-23-19(27)17-6-14(26)10-25(17)20(28)29-11-12-5-13-3-1-2-4-16(13)22-8-12/h1-5,7-8,14-15,17,24,26H,6,9-11H2,(H,23,27). The number of aliphatic hydroxyl groups excluding tert-OH is 1. The van der Waals surface area contributed by atoms with Crippen LogP contribution < -0.4 is 10.8 Å². The summed E-state index contributed by atoms with van der Waals surface area (Å²) in [5.74, 6) is -0.365. The van der Waals surface area contributed by atoms with E-state index in [1.54, 1.807) is 12.3 Å². The van der Waals surface area contributed by atoms with E-state index in [0.29, 0.717) is 4.61 Å². The van der Waals surface area contributed by atoms with Gasteiger partial charge in [-0.15, -0.1) is 0 Å². The molecule has 158 valence electrons. The van der Waals surface area contributed by atoms with Crippen LogP contribution in [-0.4, -0.2) is 58.3 Å². The Morgan fingerprint density at radius 2 is 2.23 bits per heavy atom. The molecule has 10 heteroatoms. The second kappa shape index (κ2) is 8.99. The molecule has 1 aromatic heterocycles. The van der Waals surface area contributed by atoms with Crippen LogP contribution in [0.3, 0.4) is 0 Å². The van der Waals surface area contributed by atoms with Gasteiger partial charge in [0.2, 0.25) is 5.91 Å². The Balaban J connectivity index is 1.34. The van der Waals surface area contributed by atoms with E-state index in [0.717, 1.165) is 16.5 Å². The van der Waals surface area contributed by atoms with Gasteiger partial charge in [0, 0.05) is 23.6 Å². The first-order valence-corrected chi connectivity index (χ1v) is 10.3. The van der Waals surface area contributed by atoms with Gasteiger partial charge < -0.3 is 15.2 Å². The summed E-state index contributed by atoms with van der Waals surface area (Å²) in [5.41, 5.74) is 4.24. The third-order valence-electron chi connectivity index (χ3n) is 4.94. The molecule has 0 radical (unpaired) electrons. The van der Waals surface area contributed by atoms with Gasteiger partial charge in [-0.25, -0.2) is 4.79 Å². The zero-order valence-corrected chi connectivity index (χ0v) is 17.5. The lowest BCUT2D eigenvalue weighted by molar-refractivity contribution is -0.125. The molecule has 0 saturated carbocycles. The highest BCUT2D eigenvalue weighted by molar-refractivity contribution is 9.11. The average molecular weight is 477 g/mol. The molecular weight excluding hydrogens is 456 g/mol. The van der Waals surface area contributed by atoms with Crippen LogP contribution >= 0.6 is 15.9 Å². The summed E-state index contributed by atoms with van der Waals surface area (Å²) < 4.78 is 6.07. The van der Waals surface area contributed by atoms with Crippen LogP contribution in [0.4, 0.5) is 4.79 Å². The van der Waals surface area contributed by atoms with Gasteiger partial charge in [-0.1, -0.05) is 18.2 Å². The molecule has 3 unspecified atom stereocenters. The van der Waals surface area contributed by atoms with Crippen molar-refractivity contribution in [2.45, 2.75) is 31.3 Å². The van der Waals surface area contributed by atoms with Gasteiger partial charge >= 0.3 is 6.09 Å². The quantitative estimate of drug-likeness (QED) is 0.561. The molecule has 2 aromatic rings. The van der Waals surface area contributed by atoms with Crippen molar-refractivity contribution < 1.29 is 24.3 Å². The Labute approximate surface area is 181 Å². The number of aliphatic hydroxyl groups is 1. The number of fused-ring (bicyclic) bond motifs is 1. The highest BCUT2D eigenvalue weighted by Crippen LogP contribution is 2.21. The number of hydrogen-bond donors (Lipinski definition) is 3. The van der Waals surface area contributed by atoms with Crippen molar-refractivity contribution in [1.29, 1.82) is 0 Å². The van der Waals surface area contributed by atoms with E-state index < -0.39 is 18.2 Å². The van der Waals surface area contributed by atoms with Crippen molar-refractivity contribution in [2.75, 3.05) is 13.1 Å². The summed E-state index contributed by atoms with van der Waals surface area (Å²) in [6.07, 6.45) is 1.82. The third kappa shape index (κ3) is 4.72. The molecule has 4 rings (SSSR count). The van der Waals surface area contributed by atoms with Gasteiger partial charge in [0.05, 0.1) is 24.7 Å². The molecular formula is C20H21BrN4O5. The lowest BCUT2D eigenvalue weighted by Crippen LogP contribution is -2.47. The molecule has 3 N–H and O–H groups in total. The minimum Gasteiger partial charge on any atom is -0.444 e. The molecule has 3 heterocycles. The maximum atomic E-state index is 12.6. The molecule has 2 aliphatic rings. The number of rotatable bonds is 5. The van der Waals surface area contributed by atoms with Crippen LogP contribution in [0.15, 0.2) is 47.2 Å². The second-order valence-corrected chi connectivity index (χ2v) is 8.02. The van der Waals surface area contributed by atoms with Crippen LogP contribution in [0, 0.1) is 0 Å². The van der Waals surface area contributed by atoms with E-state index in [9.17, 15) is 14.7 Å². The number of β-amino-alcohol motifs (C(OH)–C–C–N with tert-alkyl or cyclic N) is 1. The first-order valence-electron chi connectivity index (χ1n) is 9.51. The van der Waals surface area contributed by atoms with Crippen LogP contribution in [-0.2, 0) is 21.0 Å². The van der Waals surface area contributed by atoms with Gasteiger partial charge in [-0.3, -0.25) is 25.0 Å². The molecule has 0 aliphatic carbocycles. The number of ether oxygens (including phenoxy) is 1. The number of hydrogen-bond acceptors (Lipinski definition) is 7. The summed E-state index contributed by atoms with van der Waals surface area (Å²) in [7, 11) is 0. The fourth-order valence-corrected chi connectivity index (χ4v) is 3.86. The Hall–Kier alpha value is -2.69. The van der Waals surface area contributed by atoms with Crippen molar-refractivity contribution in [2.24, 2.45) is 0 Å². The Morgan fingerprint density at radius 1 is 1.40 bits per heavy atom. The first-order chi connectivity index (χ1) is 14.5. The molecule has 1 saturated heterocycles. The molecule has 0 bridgehead atoms. The number of likely N-dealkylation sites (tertiary alicyclic amines) is 1. The Kier molecular flexibility index (Phi) is 6.16. The fourth-order valence-electron chi connectivity index (χ4n) is 3.47. The molecule has 30 heavy (non-hydrogen) atoms. The predicted molar refractivity (Wildman–Crippen MR) is 111 cm³/mol. The zero-order chi connectivity index (χ0) is 21.1. The zero-order valence-electron chi connectivity index (χ0n) is 16.0. The molecule has 1 fully saturated rings. The summed E-state index contributed by atoms with van der Waals surface area (Å²) in [6, 6.07) is 8.76. The van der Waals surface area contributed by atoms with E-state index in [1.165, 1.54) is 4.90 Å². The number of carbonyl (C=O) groups is 2. The van der Waals surface area contributed by atoms with Gasteiger partial charge in [0.1, 0.15) is 23.4 Å². The summed E-state index contributed by atoms with van der Waals surface area (Å²) >= 11 is 3.24. The van der Waals surface area contributed by atoms with E-state index in [2.05, 4.69) is 31.7 Å². The van der Waals surface area contributed by atoms with Gasteiger partial charge in [0.25, 0.3) is 0 Å². The molecule has 0 spiro atoms. The monoisotopic (exact) mass is 476 g/mol. The summed E-state index contributed by atoms with van der Waals surface area (Å²) in [6.45, 7) is 0.303. The number of benzene rings is 1. The highest BCUT2D eigenvalue weighted by Gasteiger charge is 2.40. The number of aromatic nitrogens is 1. The Morgan fingerprint density at radius 3 is 3.03 bits per heavy atom. The van der Waals surface area contributed by atoms with E-state index in [-0.39, 0.29) is 38.1 Å². The van der Waals surface area contributed by atoms with E-state index >= 15 is 0 Å². The molecule has 1 aromatic carbocycles. The highest BCUT2D eigenvalue weighted by atomic mass is 79.9. The minimum atomic E-state index is -0.802. The average Bonchev–Trinajstić information content (AvgIpc) is 3.35. The number of amides is 2. The molecule has 9 nitrogen and oxygen atoms in total. The molecule has 2 amide bonds. The van der Waals surface area contributed by atoms with Crippen LogP contribution in [0.1, 0.15) is 12.0 Å². The van der Waals surface area contributed by atoms with Crippen molar-refractivity contribution in [3.63, 3.8) is 0 Å². The summed E-state index contributed by atoms with van der Waals surface area (Å²) in [4.78, 5) is 36.0. The van der Waals surface area contributed by atoms with Crippen LogP contribution in [0.2, 0.25) is 0 Å². The lowest BCUT2D eigenvalue weighted by Gasteiger charge is -2.23. The van der Waals surface area contributed by atoms with Crippen molar-refractivity contribution in [1.82, 2.24) is 20.7 Å². The van der Waals surface area contributed by atoms with Crippen molar-refractivity contribution in [3.8, 4) is 0 Å². The fraction of sp³-hybridized carbons (Fsp3) is 0.350. The van der Waals surface area contributed by atoms with Crippen LogP contribution in [0.5, 0.6) is 0 Å². The van der Waals surface area contributed by atoms with Gasteiger partial charge in [-0.2, -0.15) is 0 Å². The lowest BCUT2D eigenvalue weighted by atomic mass is 10.2. The number of nitrogens with zero attached hydrogens (tertiary/aromatic N) is 2. The summed E-state index contributed by atoms with van der Waals surface area (Å²) in [5, 5.41) is 13.7. The number of carbonyl (C=O) groups excluding carboxylic acids is 2. The maximum absolute atomic E-state index is 12.6. The predicted octanol–water partition coefficient (Wildman–Crippen LogP) is 1.56. The molecule has 3 atom stereocenters. The normalized spacial score (nSPS) is 23.2. The topological polar surface area (TPSA) is 113 Å². The first kappa shape index (κ1) is 20.6. The van der Waals surface area contributed by atoms with Crippen molar-refractivity contribution in [3.05, 3.63) is 52.8 Å². The van der Waals surface area contributed by atoms with E-state index in [1.807, 2.05) is 30.3 Å². The smallest absolute Gasteiger partial charge is 0.410 e. The van der Waals surface area contributed by atoms with Gasteiger partial charge in [-0.05, 0) is 34.1 Å². The minimum absolute atomic E-state index is 0.0258. The largest absolute Gasteiger partial charge is 0.444 e. The van der Waals surface area contributed by atoms with Crippen molar-refractivity contribution >= 4 is 38.8 Å². The van der Waals surface area contributed by atoms with E-state index in [4.69, 9.17) is 9.57 Å². The number of nitrogens with one attached hydrogen (secondary N) is 2. The number of hydroxylamine groups is 1. The SMILES string of the molecule is O=C(NCC1C=C(Br)NO1)C1CC(O)CN1C(=O)OCc1cnc2ccccc2c1. The second-order valence-electron chi connectivity index (χ2n) is 7.17. The Bertz CT molecular complexity index is 985. The van der Waals surface area contributed by atoms with Gasteiger partial charge in [0.15, 0.2) is 0 Å².